The average molecular weight is 306 g/mol. The van der Waals surface area contributed by atoms with E-state index in [0.29, 0.717) is 11.7 Å². The van der Waals surface area contributed by atoms with E-state index in [0.717, 1.165) is 25.9 Å². The van der Waals surface area contributed by atoms with E-state index in [4.69, 9.17) is 15.2 Å². The number of hydrogen-bond donors (Lipinski definition) is 1. The summed E-state index contributed by atoms with van der Waals surface area (Å²) in [6, 6.07) is 4.86. The summed E-state index contributed by atoms with van der Waals surface area (Å²) in [6.07, 6.45) is 2.01. The number of hydrogen-bond acceptors (Lipinski definition) is 4. The van der Waals surface area contributed by atoms with E-state index < -0.39 is 5.91 Å². The van der Waals surface area contributed by atoms with Crippen molar-refractivity contribution >= 4 is 11.8 Å². The molecule has 2 amide bonds. The summed E-state index contributed by atoms with van der Waals surface area (Å²) in [7, 11) is 1.47. The number of amides is 2. The van der Waals surface area contributed by atoms with Gasteiger partial charge < -0.3 is 20.1 Å². The Morgan fingerprint density at radius 2 is 2.00 bits per heavy atom. The molecule has 22 heavy (non-hydrogen) atoms. The highest BCUT2D eigenvalue weighted by molar-refractivity contribution is 5.96. The standard InChI is InChI=1S/C16H22N2O4/c1-11-6-8-18(9-7-11)14(19)10-22-15-12(16(17)20)4-3-5-13(15)21-2/h3-5,11H,6-10H2,1-2H3,(H2,17,20). The summed E-state index contributed by atoms with van der Waals surface area (Å²) in [5.74, 6) is 0.551. The van der Waals surface area contributed by atoms with Gasteiger partial charge in [-0.25, -0.2) is 0 Å². The van der Waals surface area contributed by atoms with Crippen LogP contribution in [-0.4, -0.2) is 43.5 Å². The van der Waals surface area contributed by atoms with Gasteiger partial charge in [0.15, 0.2) is 18.1 Å². The van der Waals surface area contributed by atoms with Gasteiger partial charge in [0, 0.05) is 13.1 Å². The van der Waals surface area contributed by atoms with E-state index in [1.807, 2.05) is 0 Å². The summed E-state index contributed by atoms with van der Waals surface area (Å²) >= 11 is 0. The van der Waals surface area contributed by atoms with Crippen molar-refractivity contribution in [2.45, 2.75) is 19.8 Å². The first-order valence-corrected chi connectivity index (χ1v) is 7.40. The molecule has 1 heterocycles. The maximum Gasteiger partial charge on any atom is 0.260 e. The van der Waals surface area contributed by atoms with Gasteiger partial charge in [0.25, 0.3) is 11.8 Å². The maximum atomic E-state index is 12.2. The van der Waals surface area contributed by atoms with Crippen molar-refractivity contribution in [1.82, 2.24) is 4.90 Å². The molecule has 2 N–H and O–H groups in total. The average Bonchev–Trinajstić information content (AvgIpc) is 2.52. The van der Waals surface area contributed by atoms with Crippen LogP contribution in [0.3, 0.4) is 0 Å². The lowest BCUT2D eigenvalue weighted by molar-refractivity contribution is -0.134. The molecule has 1 aromatic rings. The van der Waals surface area contributed by atoms with Crippen LogP contribution in [0.1, 0.15) is 30.1 Å². The molecule has 0 atom stereocenters. The SMILES string of the molecule is COc1cccc(C(N)=O)c1OCC(=O)N1CCC(C)CC1. The molecule has 0 aromatic heterocycles. The Labute approximate surface area is 130 Å². The number of benzene rings is 1. The lowest BCUT2D eigenvalue weighted by atomic mass is 9.99. The minimum atomic E-state index is -0.617. The van der Waals surface area contributed by atoms with Crippen molar-refractivity contribution in [3.05, 3.63) is 23.8 Å². The fourth-order valence-electron chi connectivity index (χ4n) is 2.50. The molecule has 0 saturated carbocycles. The summed E-state index contributed by atoms with van der Waals surface area (Å²) in [5, 5.41) is 0. The molecule has 120 valence electrons. The first kappa shape index (κ1) is 16.1. The lowest BCUT2D eigenvalue weighted by Gasteiger charge is -2.30. The summed E-state index contributed by atoms with van der Waals surface area (Å²) in [6.45, 7) is 3.55. The number of nitrogens with zero attached hydrogens (tertiary/aromatic N) is 1. The molecule has 0 spiro atoms. The molecule has 2 rings (SSSR count). The molecule has 1 aromatic carbocycles. The Bertz CT molecular complexity index is 551. The van der Waals surface area contributed by atoms with Crippen LogP contribution in [0.5, 0.6) is 11.5 Å². The number of likely N-dealkylation sites (tertiary alicyclic amines) is 1. The minimum absolute atomic E-state index is 0.0896. The Morgan fingerprint density at radius 1 is 1.32 bits per heavy atom. The van der Waals surface area contributed by atoms with E-state index in [1.54, 1.807) is 23.1 Å². The van der Waals surface area contributed by atoms with Gasteiger partial charge in [-0.3, -0.25) is 9.59 Å². The first-order chi connectivity index (χ1) is 10.5. The fourth-order valence-corrected chi connectivity index (χ4v) is 2.50. The number of nitrogens with two attached hydrogens (primary N) is 1. The molecule has 1 saturated heterocycles. The van der Waals surface area contributed by atoms with Gasteiger partial charge in [0.05, 0.1) is 12.7 Å². The van der Waals surface area contributed by atoms with Crippen LogP contribution in [0.15, 0.2) is 18.2 Å². The third kappa shape index (κ3) is 3.69. The van der Waals surface area contributed by atoms with Crippen LogP contribution >= 0.6 is 0 Å². The monoisotopic (exact) mass is 306 g/mol. The third-order valence-corrected chi connectivity index (χ3v) is 3.94. The van der Waals surface area contributed by atoms with Crippen LogP contribution < -0.4 is 15.2 Å². The van der Waals surface area contributed by atoms with E-state index in [9.17, 15) is 9.59 Å². The molecule has 0 aliphatic carbocycles. The Kier molecular flexibility index (Phi) is 5.25. The van der Waals surface area contributed by atoms with Crippen molar-refractivity contribution in [3.8, 4) is 11.5 Å². The molecule has 0 unspecified atom stereocenters. The van der Waals surface area contributed by atoms with Crippen molar-refractivity contribution in [2.24, 2.45) is 11.7 Å². The smallest absolute Gasteiger partial charge is 0.260 e. The number of carbonyl (C=O) groups is 2. The number of methoxy groups -OCH3 is 1. The number of rotatable bonds is 5. The largest absolute Gasteiger partial charge is 0.493 e. The van der Waals surface area contributed by atoms with E-state index in [-0.39, 0.29) is 23.8 Å². The summed E-state index contributed by atoms with van der Waals surface area (Å²) < 4.78 is 10.7. The van der Waals surface area contributed by atoms with Gasteiger partial charge in [-0.15, -0.1) is 0 Å². The molecular formula is C16H22N2O4. The highest BCUT2D eigenvalue weighted by Gasteiger charge is 2.22. The predicted molar refractivity (Wildman–Crippen MR) is 82.0 cm³/mol. The van der Waals surface area contributed by atoms with Crippen LogP contribution in [0.2, 0.25) is 0 Å². The van der Waals surface area contributed by atoms with Crippen molar-refractivity contribution in [1.29, 1.82) is 0 Å². The maximum absolute atomic E-state index is 12.2. The number of para-hydroxylation sites is 1. The number of ether oxygens (including phenoxy) is 2. The van der Waals surface area contributed by atoms with Crippen LogP contribution in [-0.2, 0) is 4.79 Å². The Morgan fingerprint density at radius 3 is 2.59 bits per heavy atom. The van der Waals surface area contributed by atoms with Crippen molar-refractivity contribution < 1.29 is 19.1 Å². The molecule has 6 nitrogen and oxygen atoms in total. The third-order valence-electron chi connectivity index (χ3n) is 3.94. The normalized spacial score (nSPS) is 15.5. The van der Waals surface area contributed by atoms with E-state index >= 15 is 0 Å². The predicted octanol–water partition coefficient (Wildman–Crippen LogP) is 1.43. The zero-order valence-corrected chi connectivity index (χ0v) is 13.0. The summed E-state index contributed by atoms with van der Waals surface area (Å²) in [4.78, 5) is 25.5. The molecule has 0 radical (unpaired) electrons. The number of carbonyl (C=O) groups excluding carboxylic acids is 2. The Balaban J connectivity index is 2.04. The lowest BCUT2D eigenvalue weighted by Crippen LogP contribution is -2.40. The second-order valence-corrected chi connectivity index (χ2v) is 5.55. The Hall–Kier alpha value is -2.24. The second kappa shape index (κ2) is 7.15. The highest BCUT2D eigenvalue weighted by atomic mass is 16.5. The number of piperidine rings is 1. The van der Waals surface area contributed by atoms with Gasteiger partial charge in [-0.1, -0.05) is 13.0 Å². The second-order valence-electron chi connectivity index (χ2n) is 5.55. The first-order valence-electron chi connectivity index (χ1n) is 7.40. The zero-order valence-electron chi connectivity index (χ0n) is 13.0. The van der Waals surface area contributed by atoms with Gasteiger partial charge in [0.1, 0.15) is 0 Å². The molecule has 6 heteroatoms. The molecule has 1 aliphatic heterocycles. The van der Waals surface area contributed by atoms with Crippen molar-refractivity contribution in [3.63, 3.8) is 0 Å². The number of primary amides is 1. The molecule has 1 fully saturated rings. The minimum Gasteiger partial charge on any atom is -0.493 e. The fraction of sp³-hybridized carbons (Fsp3) is 0.500. The van der Waals surface area contributed by atoms with Crippen molar-refractivity contribution in [2.75, 3.05) is 26.8 Å². The molecule has 0 bridgehead atoms. The van der Waals surface area contributed by atoms with E-state index in [1.165, 1.54) is 7.11 Å². The quantitative estimate of drug-likeness (QED) is 0.892. The van der Waals surface area contributed by atoms with Crippen LogP contribution in [0.4, 0.5) is 0 Å². The van der Waals surface area contributed by atoms with Crippen LogP contribution in [0.25, 0.3) is 0 Å². The highest BCUT2D eigenvalue weighted by Crippen LogP contribution is 2.30. The summed E-state index contributed by atoms with van der Waals surface area (Å²) in [5.41, 5.74) is 5.54. The molecular weight excluding hydrogens is 284 g/mol. The van der Waals surface area contributed by atoms with Gasteiger partial charge >= 0.3 is 0 Å². The van der Waals surface area contributed by atoms with Crippen LogP contribution in [0, 0.1) is 5.92 Å². The van der Waals surface area contributed by atoms with Gasteiger partial charge in [-0.05, 0) is 30.9 Å². The van der Waals surface area contributed by atoms with Gasteiger partial charge in [0.2, 0.25) is 0 Å². The van der Waals surface area contributed by atoms with E-state index in [2.05, 4.69) is 6.92 Å². The molecule has 1 aliphatic rings. The van der Waals surface area contributed by atoms with Gasteiger partial charge in [-0.2, -0.15) is 0 Å². The zero-order chi connectivity index (χ0) is 16.1. The topological polar surface area (TPSA) is 81.9 Å².